The van der Waals surface area contributed by atoms with Gasteiger partial charge in [0.1, 0.15) is 0 Å². The number of halogens is 3. The quantitative estimate of drug-likeness (QED) is 0.663. The van der Waals surface area contributed by atoms with Crippen molar-refractivity contribution in [3.05, 3.63) is 35.4 Å². The average Bonchev–Trinajstić information content (AvgIpc) is 2.26. The highest BCUT2D eigenvalue weighted by atomic mass is 32.2. The lowest BCUT2D eigenvalue weighted by Gasteiger charge is -2.15. The number of carboxylic acids is 1. The van der Waals surface area contributed by atoms with Gasteiger partial charge in [0.2, 0.25) is 0 Å². The van der Waals surface area contributed by atoms with Crippen LogP contribution in [0.25, 0.3) is 0 Å². The molecular formula is C11H11F3O5S. The van der Waals surface area contributed by atoms with Gasteiger partial charge >= 0.3 is 21.6 Å². The second-order valence-corrected chi connectivity index (χ2v) is 5.58. The first-order chi connectivity index (χ1) is 9.03. The molecule has 0 aliphatic carbocycles. The number of aliphatic carboxylic acids is 1. The van der Waals surface area contributed by atoms with Gasteiger partial charge in [0, 0.05) is 6.42 Å². The molecule has 0 saturated carbocycles. The molecule has 0 aliphatic heterocycles. The molecule has 9 heteroatoms. The van der Waals surface area contributed by atoms with Crippen LogP contribution < -0.4 is 0 Å². The normalized spacial score (nSPS) is 14.0. The summed E-state index contributed by atoms with van der Waals surface area (Å²) in [5, 5.41) is 8.78. The number of hydrogen-bond donors (Lipinski definition) is 1. The van der Waals surface area contributed by atoms with Crippen molar-refractivity contribution in [3.8, 4) is 0 Å². The molecule has 0 saturated heterocycles. The van der Waals surface area contributed by atoms with E-state index >= 15 is 0 Å². The molecule has 0 unspecified atom stereocenters. The van der Waals surface area contributed by atoms with E-state index in [9.17, 15) is 26.4 Å². The van der Waals surface area contributed by atoms with E-state index in [1.165, 1.54) is 12.1 Å². The zero-order chi connectivity index (χ0) is 15.6. The van der Waals surface area contributed by atoms with Crippen LogP contribution in [0.3, 0.4) is 0 Å². The van der Waals surface area contributed by atoms with Crippen molar-refractivity contribution in [2.75, 3.05) is 0 Å². The Balaban J connectivity index is 2.95. The van der Waals surface area contributed by atoms with Gasteiger partial charge in [0.15, 0.2) is 6.10 Å². The lowest BCUT2D eigenvalue weighted by molar-refractivity contribution is -0.145. The minimum Gasteiger partial charge on any atom is -0.479 e. The van der Waals surface area contributed by atoms with Gasteiger partial charge in [-0.2, -0.15) is 21.6 Å². The highest BCUT2D eigenvalue weighted by Gasteiger charge is 2.49. The number of carboxylic acid groups (broad SMARTS) is 1. The average molecular weight is 312 g/mol. The molecule has 0 heterocycles. The third-order valence-electron chi connectivity index (χ3n) is 2.31. The smallest absolute Gasteiger partial charge is 0.479 e. The second kappa shape index (κ2) is 5.80. The Morgan fingerprint density at radius 1 is 1.40 bits per heavy atom. The van der Waals surface area contributed by atoms with E-state index < -0.39 is 34.1 Å². The summed E-state index contributed by atoms with van der Waals surface area (Å²) in [6.07, 6.45) is -2.63. The van der Waals surface area contributed by atoms with Crippen LogP contribution in [0.15, 0.2) is 24.3 Å². The van der Waals surface area contributed by atoms with E-state index in [2.05, 4.69) is 4.18 Å². The molecule has 1 N–H and O–H groups in total. The fourth-order valence-corrected chi connectivity index (χ4v) is 1.99. The highest BCUT2D eigenvalue weighted by molar-refractivity contribution is 7.87. The summed E-state index contributed by atoms with van der Waals surface area (Å²) in [5.41, 5.74) is -4.55. The van der Waals surface area contributed by atoms with Gasteiger partial charge in [0.05, 0.1) is 0 Å². The molecule has 5 nitrogen and oxygen atoms in total. The van der Waals surface area contributed by atoms with Gasteiger partial charge in [-0.25, -0.2) is 8.98 Å². The predicted octanol–water partition coefficient (Wildman–Crippen LogP) is 1.86. The molecule has 0 amide bonds. The molecule has 0 aliphatic rings. The Hall–Kier alpha value is -1.61. The number of alkyl halides is 3. The van der Waals surface area contributed by atoms with Gasteiger partial charge in [-0.05, 0) is 12.5 Å². The van der Waals surface area contributed by atoms with Gasteiger partial charge in [-0.1, -0.05) is 29.8 Å². The fraction of sp³-hybridized carbons (Fsp3) is 0.364. The molecule has 20 heavy (non-hydrogen) atoms. The van der Waals surface area contributed by atoms with Crippen LogP contribution in [0.5, 0.6) is 0 Å². The van der Waals surface area contributed by atoms with Crippen LogP contribution in [-0.2, 0) is 25.5 Å². The van der Waals surface area contributed by atoms with Gasteiger partial charge in [-0.15, -0.1) is 0 Å². The minimum atomic E-state index is -5.95. The molecule has 112 valence electrons. The molecule has 1 aromatic carbocycles. The second-order valence-electron chi connectivity index (χ2n) is 4.02. The SMILES string of the molecule is Cc1cccc(C[C@@H](OS(=O)(=O)C(F)(F)F)C(=O)O)c1. The van der Waals surface area contributed by atoms with Crippen LogP contribution in [0.4, 0.5) is 13.2 Å². The molecule has 0 radical (unpaired) electrons. The van der Waals surface area contributed by atoms with E-state index in [1.54, 1.807) is 19.1 Å². The minimum absolute atomic E-state index is 0.356. The van der Waals surface area contributed by atoms with Crippen molar-refractivity contribution < 1.29 is 35.7 Å². The van der Waals surface area contributed by atoms with E-state index in [0.29, 0.717) is 5.56 Å². The summed E-state index contributed by atoms with van der Waals surface area (Å²) >= 11 is 0. The van der Waals surface area contributed by atoms with Gasteiger partial charge < -0.3 is 5.11 Å². The third kappa shape index (κ3) is 4.20. The third-order valence-corrected chi connectivity index (χ3v) is 3.36. The maximum atomic E-state index is 12.2. The van der Waals surface area contributed by atoms with Crippen molar-refractivity contribution in [1.82, 2.24) is 0 Å². The van der Waals surface area contributed by atoms with E-state index in [1.807, 2.05) is 0 Å². The summed E-state index contributed by atoms with van der Waals surface area (Å²) in [7, 11) is -5.95. The van der Waals surface area contributed by atoms with Gasteiger partial charge in [-0.3, -0.25) is 0 Å². The lowest BCUT2D eigenvalue weighted by Crippen LogP contribution is -2.35. The molecular weight excluding hydrogens is 301 g/mol. The molecule has 1 aromatic rings. The summed E-state index contributed by atoms with van der Waals surface area (Å²) in [5.74, 6) is -1.79. The monoisotopic (exact) mass is 312 g/mol. The summed E-state index contributed by atoms with van der Waals surface area (Å²) < 4.78 is 61.8. The van der Waals surface area contributed by atoms with Crippen molar-refractivity contribution >= 4 is 16.1 Å². The largest absolute Gasteiger partial charge is 0.523 e. The first-order valence-electron chi connectivity index (χ1n) is 5.31. The molecule has 1 rings (SSSR count). The molecule has 0 bridgehead atoms. The zero-order valence-corrected chi connectivity index (χ0v) is 11.0. The van der Waals surface area contributed by atoms with E-state index in [-0.39, 0.29) is 0 Å². The topological polar surface area (TPSA) is 80.7 Å². The Morgan fingerprint density at radius 3 is 2.45 bits per heavy atom. The van der Waals surface area contributed by atoms with Crippen molar-refractivity contribution in [2.45, 2.75) is 25.0 Å². The van der Waals surface area contributed by atoms with Crippen molar-refractivity contribution in [3.63, 3.8) is 0 Å². The van der Waals surface area contributed by atoms with Gasteiger partial charge in [0.25, 0.3) is 0 Å². The lowest BCUT2D eigenvalue weighted by atomic mass is 10.1. The Labute approximate surface area is 113 Å². The van der Waals surface area contributed by atoms with Crippen LogP contribution in [-0.4, -0.2) is 31.1 Å². The number of rotatable bonds is 5. The first kappa shape index (κ1) is 16.4. The maximum absolute atomic E-state index is 12.2. The maximum Gasteiger partial charge on any atom is 0.523 e. The Kier molecular flexibility index (Phi) is 4.77. The number of aryl methyl sites for hydroxylation is 1. The predicted molar refractivity (Wildman–Crippen MR) is 62.4 cm³/mol. The molecule has 0 fully saturated rings. The number of benzene rings is 1. The first-order valence-corrected chi connectivity index (χ1v) is 6.71. The summed E-state index contributed by atoms with van der Waals surface area (Å²) in [6, 6.07) is 6.26. The van der Waals surface area contributed by atoms with Crippen molar-refractivity contribution in [2.24, 2.45) is 0 Å². The summed E-state index contributed by atoms with van der Waals surface area (Å²) in [4.78, 5) is 10.8. The van der Waals surface area contributed by atoms with E-state index in [0.717, 1.165) is 5.56 Å². The standard InChI is InChI=1S/C11H11F3O5S/c1-7-3-2-4-8(5-7)6-9(10(15)16)19-20(17,18)11(12,13)14/h2-5,9H,6H2,1H3,(H,15,16)/t9-/m1/s1. The molecule has 1 atom stereocenters. The molecule has 0 aromatic heterocycles. The summed E-state index contributed by atoms with van der Waals surface area (Å²) in [6.45, 7) is 1.70. The zero-order valence-electron chi connectivity index (χ0n) is 10.2. The number of hydrogen-bond acceptors (Lipinski definition) is 4. The molecule has 0 spiro atoms. The van der Waals surface area contributed by atoms with Crippen molar-refractivity contribution in [1.29, 1.82) is 0 Å². The Morgan fingerprint density at radius 2 is 2.00 bits per heavy atom. The Bertz CT molecular complexity index is 594. The van der Waals surface area contributed by atoms with E-state index in [4.69, 9.17) is 5.11 Å². The van der Waals surface area contributed by atoms with Crippen LogP contribution in [0, 0.1) is 6.92 Å². The van der Waals surface area contributed by atoms with Crippen LogP contribution in [0.1, 0.15) is 11.1 Å². The van der Waals surface area contributed by atoms with Crippen LogP contribution in [0.2, 0.25) is 0 Å². The fourth-order valence-electron chi connectivity index (χ4n) is 1.42. The number of carbonyl (C=O) groups is 1. The van der Waals surface area contributed by atoms with Crippen LogP contribution >= 0.6 is 0 Å². The highest BCUT2D eigenvalue weighted by Crippen LogP contribution is 2.26.